The van der Waals surface area contributed by atoms with E-state index in [0.717, 1.165) is 13.1 Å². The third-order valence-corrected chi connectivity index (χ3v) is 4.17. The highest BCUT2D eigenvalue weighted by molar-refractivity contribution is 9.10. The molecule has 0 aromatic heterocycles. The molecule has 0 bridgehead atoms. The number of anilines is 1. The predicted octanol–water partition coefficient (Wildman–Crippen LogP) is 3.42. The number of hydrogen-bond acceptors (Lipinski definition) is 2. The summed E-state index contributed by atoms with van der Waals surface area (Å²) in [5.74, 6) is 0. The number of benzene rings is 1. The fourth-order valence-electron chi connectivity index (χ4n) is 2.73. The van der Waals surface area contributed by atoms with E-state index in [4.69, 9.17) is 0 Å². The van der Waals surface area contributed by atoms with Crippen molar-refractivity contribution < 1.29 is 0 Å². The molecule has 3 heteroatoms. The average Bonchev–Trinajstić information content (AvgIpc) is 2.39. The lowest BCUT2D eigenvalue weighted by molar-refractivity contribution is 0.432. The third kappa shape index (κ3) is 2.66. The molecule has 0 saturated carbocycles. The molecule has 0 radical (unpaired) electrons. The van der Waals surface area contributed by atoms with Crippen LogP contribution in [0, 0.1) is 0 Å². The van der Waals surface area contributed by atoms with Crippen LogP contribution in [0.25, 0.3) is 0 Å². The summed E-state index contributed by atoms with van der Waals surface area (Å²) in [4.78, 5) is 2.54. The summed E-state index contributed by atoms with van der Waals surface area (Å²) in [6.45, 7) is 9.06. The van der Waals surface area contributed by atoms with Crippen LogP contribution in [-0.4, -0.2) is 24.7 Å². The Morgan fingerprint density at radius 1 is 1.35 bits per heavy atom. The van der Waals surface area contributed by atoms with E-state index < -0.39 is 0 Å². The predicted molar refractivity (Wildman–Crippen MR) is 77.6 cm³/mol. The normalized spacial score (nSPS) is 24.5. The highest BCUT2D eigenvalue weighted by atomic mass is 79.9. The highest BCUT2D eigenvalue weighted by Gasteiger charge is 2.33. The SMILES string of the molecule is CC1CCNCC(C)(C)N1c1ccccc1Br. The first kappa shape index (κ1) is 12.9. The number of rotatable bonds is 1. The van der Waals surface area contributed by atoms with Gasteiger partial charge in [0.1, 0.15) is 0 Å². The van der Waals surface area contributed by atoms with Crippen molar-refractivity contribution in [2.45, 2.75) is 38.8 Å². The standard InChI is InChI=1S/C14H21BrN2/c1-11-8-9-16-10-14(2,3)17(11)13-7-5-4-6-12(13)15/h4-7,11,16H,8-10H2,1-3H3. The van der Waals surface area contributed by atoms with Gasteiger partial charge < -0.3 is 10.2 Å². The zero-order valence-corrected chi connectivity index (χ0v) is 12.4. The van der Waals surface area contributed by atoms with Crippen LogP contribution in [0.2, 0.25) is 0 Å². The molecule has 1 N–H and O–H groups in total. The van der Waals surface area contributed by atoms with Gasteiger partial charge >= 0.3 is 0 Å². The zero-order valence-electron chi connectivity index (χ0n) is 10.8. The molecule has 1 unspecified atom stereocenters. The highest BCUT2D eigenvalue weighted by Crippen LogP contribution is 2.34. The van der Waals surface area contributed by atoms with E-state index in [0.29, 0.717) is 6.04 Å². The Hall–Kier alpha value is -0.540. The molecule has 1 aliphatic rings. The van der Waals surface area contributed by atoms with Crippen molar-refractivity contribution >= 4 is 21.6 Å². The van der Waals surface area contributed by atoms with Crippen LogP contribution >= 0.6 is 15.9 Å². The molecule has 0 spiro atoms. The Labute approximate surface area is 113 Å². The van der Waals surface area contributed by atoms with Crippen LogP contribution in [0.1, 0.15) is 27.2 Å². The van der Waals surface area contributed by atoms with Crippen LogP contribution in [0.4, 0.5) is 5.69 Å². The Kier molecular flexibility index (Phi) is 3.79. The summed E-state index contributed by atoms with van der Waals surface area (Å²) < 4.78 is 1.18. The van der Waals surface area contributed by atoms with E-state index >= 15 is 0 Å². The third-order valence-electron chi connectivity index (χ3n) is 3.50. The van der Waals surface area contributed by atoms with Gasteiger partial charge in [-0.15, -0.1) is 0 Å². The fraction of sp³-hybridized carbons (Fsp3) is 0.571. The number of para-hydroxylation sites is 1. The number of hydrogen-bond donors (Lipinski definition) is 1. The number of halogens is 1. The smallest absolute Gasteiger partial charge is 0.0517 e. The van der Waals surface area contributed by atoms with Gasteiger partial charge in [0, 0.05) is 22.6 Å². The Morgan fingerprint density at radius 3 is 2.76 bits per heavy atom. The minimum absolute atomic E-state index is 0.139. The molecular weight excluding hydrogens is 276 g/mol. The maximum atomic E-state index is 3.67. The molecule has 1 heterocycles. The zero-order chi connectivity index (χ0) is 12.5. The van der Waals surface area contributed by atoms with Crippen molar-refractivity contribution in [3.63, 3.8) is 0 Å². The minimum atomic E-state index is 0.139. The molecule has 1 aromatic rings. The van der Waals surface area contributed by atoms with Crippen LogP contribution < -0.4 is 10.2 Å². The van der Waals surface area contributed by atoms with E-state index in [1.165, 1.54) is 16.6 Å². The second-order valence-corrected chi connectivity index (χ2v) is 6.30. The summed E-state index contributed by atoms with van der Waals surface area (Å²) in [5.41, 5.74) is 1.44. The lowest BCUT2D eigenvalue weighted by atomic mass is 9.99. The van der Waals surface area contributed by atoms with Gasteiger partial charge in [0.25, 0.3) is 0 Å². The van der Waals surface area contributed by atoms with E-state index in [1.54, 1.807) is 0 Å². The van der Waals surface area contributed by atoms with Crippen molar-refractivity contribution in [2.75, 3.05) is 18.0 Å². The first-order valence-electron chi connectivity index (χ1n) is 6.27. The summed E-state index contributed by atoms with van der Waals surface area (Å²) >= 11 is 3.67. The van der Waals surface area contributed by atoms with Gasteiger partial charge in [0.15, 0.2) is 0 Å². The molecule has 0 aliphatic carbocycles. The number of nitrogens with one attached hydrogen (secondary N) is 1. The molecule has 2 rings (SSSR count). The summed E-state index contributed by atoms with van der Waals surface area (Å²) in [7, 11) is 0. The van der Waals surface area contributed by atoms with Crippen molar-refractivity contribution in [1.82, 2.24) is 5.32 Å². The summed E-state index contributed by atoms with van der Waals surface area (Å²) in [6, 6.07) is 9.06. The van der Waals surface area contributed by atoms with E-state index in [-0.39, 0.29) is 5.54 Å². The van der Waals surface area contributed by atoms with Gasteiger partial charge in [-0.3, -0.25) is 0 Å². The van der Waals surface area contributed by atoms with Gasteiger partial charge in [-0.2, -0.15) is 0 Å². The van der Waals surface area contributed by atoms with E-state index in [9.17, 15) is 0 Å². The lowest BCUT2D eigenvalue weighted by Gasteiger charge is -2.43. The van der Waals surface area contributed by atoms with Gasteiger partial charge in [-0.05, 0) is 61.8 Å². The molecule has 1 aromatic carbocycles. The van der Waals surface area contributed by atoms with E-state index in [1.807, 2.05) is 0 Å². The van der Waals surface area contributed by atoms with Crippen LogP contribution in [0.15, 0.2) is 28.7 Å². The quantitative estimate of drug-likeness (QED) is 0.854. The topological polar surface area (TPSA) is 15.3 Å². The van der Waals surface area contributed by atoms with E-state index in [2.05, 4.69) is 71.2 Å². The van der Waals surface area contributed by atoms with Crippen LogP contribution in [-0.2, 0) is 0 Å². The Bertz CT molecular complexity index is 390. The molecule has 2 nitrogen and oxygen atoms in total. The second kappa shape index (κ2) is 4.99. The largest absolute Gasteiger partial charge is 0.361 e. The van der Waals surface area contributed by atoms with Gasteiger partial charge in [-0.25, -0.2) is 0 Å². The first-order chi connectivity index (χ1) is 8.02. The summed E-state index contributed by atoms with van der Waals surface area (Å²) in [6.07, 6.45) is 1.19. The van der Waals surface area contributed by atoms with Crippen molar-refractivity contribution in [1.29, 1.82) is 0 Å². The van der Waals surface area contributed by atoms with Crippen LogP contribution in [0.5, 0.6) is 0 Å². The Balaban J connectivity index is 2.42. The average molecular weight is 297 g/mol. The minimum Gasteiger partial charge on any atom is -0.361 e. The molecular formula is C14H21BrN2. The molecule has 1 fully saturated rings. The number of nitrogens with zero attached hydrogens (tertiary/aromatic N) is 1. The molecule has 17 heavy (non-hydrogen) atoms. The maximum absolute atomic E-state index is 3.67. The second-order valence-electron chi connectivity index (χ2n) is 5.45. The van der Waals surface area contributed by atoms with Gasteiger partial charge in [-0.1, -0.05) is 12.1 Å². The maximum Gasteiger partial charge on any atom is 0.0517 e. The van der Waals surface area contributed by atoms with Crippen molar-refractivity contribution in [2.24, 2.45) is 0 Å². The molecule has 1 atom stereocenters. The van der Waals surface area contributed by atoms with Crippen molar-refractivity contribution in [3.8, 4) is 0 Å². The van der Waals surface area contributed by atoms with Crippen molar-refractivity contribution in [3.05, 3.63) is 28.7 Å². The fourth-order valence-corrected chi connectivity index (χ4v) is 3.20. The lowest BCUT2D eigenvalue weighted by Crippen LogP contribution is -2.52. The van der Waals surface area contributed by atoms with Crippen LogP contribution in [0.3, 0.4) is 0 Å². The molecule has 1 saturated heterocycles. The molecule has 1 aliphatic heterocycles. The van der Waals surface area contributed by atoms with Gasteiger partial charge in [0.2, 0.25) is 0 Å². The first-order valence-corrected chi connectivity index (χ1v) is 7.06. The summed E-state index contributed by atoms with van der Waals surface area (Å²) in [5, 5.41) is 3.53. The molecule has 0 amide bonds. The Morgan fingerprint density at radius 2 is 2.06 bits per heavy atom. The van der Waals surface area contributed by atoms with Gasteiger partial charge in [0.05, 0.1) is 5.69 Å². The molecule has 94 valence electrons. The monoisotopic (exact) mass is 296 g/mol.